The van der Waals surface area contributed by atoms with Crippen molar-refractivity contribution in [2.24, 2.45) is 0 Å². The van der Waals surface area contributed by atoms with Gasteiger partial charge in [-0.3, -0.25) is 0 Å². The number of hydrogen-bond donors (Lipinski definition) is 0. The van der Waals surface area contributed by atoms with Crippen molar-refractivity contribution in [1.82, 2.24) is 0 Å². The summed E-state index contributed by atoms with van der Waals surface area (Å²) < 4.78 is 0. The molecule has 2 aliphatic rings. The van der Waals surface area contributed by atoms with E-state index in [0.29, 0.717) is 0 Å². The van der Waals surface area contributed by atoms with E-state index in [9.17, 15) is 0 Å². The monoisotopic (exact) mass is 332 g/mol. The van der Waals surface area contributed by atoms with Crippen LogP contribution in [0.15, 0.2) is 46.0 Å². The van der Waals surface area contributed by atoms with Gasteiger partial charge >= 0.3 is 0 Å². The normalized spacial score (nSPS) is 23.2. The average molecular weight is 333 g/mol. The van der Waals surface area contributed by atoms with Crippen LogP contribution < -0.4 is 0 Å². The number of allylic oxidation sites excluding steroid dienone is 8. The van der Waals surface area contributed by atoms with Crippen molar-refractivity contribution in [3.8, 4) is 0 Å². The Labute approximate surface area is 134 Å². The maximum atomic E-state index is 2.62. The minimum atomic E-state index is -1.45. The van der Waals surface area contributed by atoms with Gasteiger partial charge < -0.3 is 0 Å². The first-order valence-corrected chi connectivity index (χ1v) is 18.3. The molecule has 1 unspecified atom stereocenters. The average Bonchev–Trinajstić information content (AvgIpc) is 2.97. The predicted octanol–water partition coefficient (Wildman–Crippen LogP) is 6.11. The Morgan fingerprint density at radius 2 is 1.52 bits per heavy atom. The van der Waals surface area contributed by atoms with Gasteiger partial charge in [-0.2, -0.15) is 0 Å². The van der Waals surface area contributed by atoms with Crippen molar-refractivity contribution in [3.63, 3.8) is 0 Å². The molecule has 21 heavy (non-hydrogen) atoms. The van der Waals surface area contributed by atoms with E-state index in [1.54, 1.807) is 15.6 Å². The van der Waals surface area contributed by atoms with E-state index in [0.717, 1.165) is 5.54 Å². The maximum Gasteiger partial charge on any atom is 0.107 e. The molecule has 0 bridgehead atoms. The topological polar surface area (TPSA) is 0 Å². The lowest BCUT2D eigenvalue weighted by molar-refractivity contribution is 1.29. The highest BCUT2D eigenvalue weighted by Crippen LogP contribution is 2.40. The van der Waals surface area contributed by atoms with Crippen LogP contribution in [0, 0.1) is 0 Å². The molecule has 0 N–H and O–H groups in total. The summed E-state index contributed by atoms with van der Waals surface area (Å²) in [4.78, 5) is 0. The van der Waals surface area contributed by atoms with Crippen LogP contribution in [-0.4, -0.2) is 24.2 Å². The molecule has 0 spiro atoms. The van der Waals surface area contributed by atoms with Crippen LogP contribution in [0.2, 0.25) is 57.9 Å². The molecule has 0 amide bonds. The van der Waals surface area contributed by atoms with Crippen LogP contribution in [0.1, 0.15) is 6.42 Å². The van der Waals surface area contributed by atoms with Gasteiger partial charge in [-0.1, -0.05) is 98.3 Å². The smallest absolute Gasteiger partial charge is 0.0816 e. The summed E-state index contributed by atoms with van der Waals surface area (Å²) >= 11 is 0. The zero-order valence-corrected chi connectivity index (χ0v) is 18.2. The molecule has 0 saturated carbocycles. The third-order valence-electron chi connectivity index (χ3n) is 5.10. The molecule has 1 atom stereocenters. The molecule has 2 aliphatic carbocycles. The van der Waals surface area contributed by atoms with Crippen molar-refractivity contribution < 1.29 is 0 Å². The van der Waals surface area contributed by atoms with E-state index in [1.165, 1.54) is 6.42 Å². The van der Waals surface area contributed by atoms with E-state index in [1.807, 2.05) is 0 Å². The first-order valence-electron chi connectivity index (χ1n) is 8.24. The molecule has 0 aromatic heterocycles. The summed E-state index contributed by atoms with van der Waals surface area (Å²) in [5, 5.41) is 5.08. The predicted molar refractivity (Wildman–Crippen MR) is 106 cm³/mol. The molecule has 0 aromatic rings. The molecule has 0 aliphatic heterocycles. The summed E-state index contributed by atoms with van der Waals surface area (Å²) in [5.74, 6) is 0. The lowest BCUT2D eigenvalue weighted by Crippen LogP contribution is -2.31. The minimum absolute atomic E-state index is 0.741. The van der Waals surface area contributed by atoms with Crippen molar-refractivity contribution >= 4 is 24.2 Å². The zero-order chi connectivity index (χ0) is 16.1. The third kappa shape index (κ3) is 3.51. The largest absolute Gasteiger partial charge is 0.107 e. The van der Waals surface area contributed by atoms with E-state index in [2.05, 4.69) is 82.8 Å². The second kappa shape index (κ2) is 5.36. The molecule has 3 heteroatoms. The fraction of sp³-hybridized carbons (Fsp3) is 0.556. The van der Waals surface area contributed by atoms with E-state index in [4.69, 9.17) is 0 Å². The fourth-order valence-corrected chi connectivity index (χ4v) is 8.73. The first kappa shape index (κ1) is 17.0. The summed E-state index contributed by atoms with van der Waals surface area (Å²) in [5.41, 5.74) is 0.741. The highest BCUT2D eigenvalue weighted by Gasteiger charge is 2.36. The van der Waals surface area contributed by atoms with Gasteiger partial charge in [0.15, 0.2) is 0 Å². The van der Waals surface area contributed by atoms with Crippen LogP contribution in [0.25, 0.3) is 0 Å². The van der Waals surface area contributed by atoms with Crippen LogP contribution in [-0.2, 0) is 0 Å². The molecule has 2 rings (SSSR count). The van der Waals surface area contributed by atoms with Gasteiger partial charge in [0, 0.05) is 0 Å². The standard InChI is InChI=1S/C18H32Si3/c1-19(2,3)15-9-11-17(13-15)21(7,8)18-12-10-16(14-18)20(4,5)6/h9-11,13-15H,12H2,1-8H3. The lowest BCUT2D eigenvalue weighted by Gasteiger charge is -2.26. The van der Waals surface area contributed by atoms with Crippen molar-refractivity contribution in [3.05, 3.63) is 46.0 Å². The quantitative estimate of drug-likeness (QED) is 0.545. The third-order valence-corrected chi connectivity index (χ3v) is 13.3. The Hall–Kier alpha value is -0.389. The Bertz CT molecular complexity index is 546. The first-order chi connectivity index (χ1) is 9.42. The van der Waals surface area contributed by atoms with Crippen LogP contribution in [0.3, 0.4) is 0 Å². The van der Waals surface area contributed by atoms with Gasteiger partial charge in [0.2, 0.25) is 0 Å². The van der Waals surface area contributed by atoms with E-state index < -0.39 is 24.2 Å². The van der Waals surface area contributed by atoms with Gasteiger partial charge in [0.25, 0.3) is 0 Å². The van der Waals surface area contributed by atoms with Gasteiger partial charge in [-0.05, 0) is 12.0 Å². The van der Waals surface area contributed by atoms with Gasteiger partial charge in [0.05, 0.1) is 16.1 Å². The summed E-state index contributed by atoms with van der Waals surface area (Å²) in [7, 11) is -3.70. The lowest BCUT2D eigenvalue weighted by atomic mass is 10.5. The number of rotatable bonds is 4. The summed E-state index contributed by atoms with van der Waals surface area (Å²) in [6.45, 7) is 19.9. The molecular formula is C18H32Si3. The summed E-state index contributed by atoms with van der Waals surface area (Å²) in [6.07, 6.45) is 13.9. The fourth-order valence-electron chi connectivity index (χ4n) is 3.14. The molecule has 0 radical (unpaired) electrons. The Balaban J connectivity index is 2.24. The van der Waals surface area contributed by atoms with Gasteiger partial charge in [-0.25, -0.2) is 0 Å². The maximum absolute atomic E-state index is 2.62. The molecule has 0 saturated heterocycles. The number of hydrogen-bond acceptors (Lipinski definition) is 0. The minimum Gasteiger partial charge on any atom is -0.0816 e. The molecule has 0 heterocycles. The molecule has 0 fully saturated rings. The Kier molecular flexibility index (Phi) is 4.33. The summed E-state index contributed by atoms with van der Waals surface area (Å²) in [6, 6.07) is 0. The van der Waals surface area contributed by atoms with Crippen LogP contribution in [0.5, 0.6) is 0 Å². The van der Waals surface area contributed by atoms with Crippen molar-refractivity contribution in [2.45, 2.75) is 64.3 Å². The molecule has 0 nitrogen and oxygen atoms in total. The highest BCUT2D eigenvalue weighted by atomic mass is 28.3. The molecule has 0 aromatic carbocycles. The SMILES string of the molecule is C[Si](C)(C)C1=CCC([Si](C)(C)C2=CC([Si](C)(C)C)C=C2)=C1. The molecular weight excluding hydrogens is 300 g/mol. The van der Waals surface area contributed by atoms with Gasteiger partial charge in [0.1, 0.15) is 8.07 Å². The molecule has 116 valence electrons. The van der Waals surface area contributed by atoms with Gasteiger partial charge in [-0.15, -0.1) is 0 Å². The van der Waals surface area contributed by atoms with Crippen molar-refractivity contribution in [1.29, 1.82) is 0 Å². The zero-order valence-electron chi connectivity index (χ0n) is 15.2. The van der Waals surface area contributed by atoms with Crippen molar-refractivity contribution in [2.75, 3.05) is 0 Å². The second-order valence-electron chi connectivity index (χ2n) is 9.28. The van der Waals surface area contributed by atoms with Crippen LogP contribution >= 0.6 is 0 Å². The highest BCUT2D eigenvalue weighted by molar-refractivity contribution is 6.92. The second-order valence-corrected chi connectivity index (χ2v) is 24.2. The van der Waals surface area contributed by atoms with E-state index >= 15 is 0 Å². The Morgan fingerprint density at radius 3 is 1.95 bits per heavy atom. The van der Waals surface area contributed by atoms with E-state index in [-0.39, 0.29) is 0 Å². The Morgan fingerprint density at radius 1 is 0.905 bits per heavy atom. The van der Waals surface area contributed by atoms with Crippen LogP contribution in [0.4, 0.5) is 0 Å².